The van der Waals surface area contributed by atoms with Crippen LogP contribution in [0.2, 0.25) is 0 Å². The predicted molar refractivity (Wildman–Crippen MR) is 74.1 cm³/mol. The van der Waals surface area contributed by atoms with Crippen molar-refractivity contribution in [1.82, 2.24) is 9.55 Å². The quantitative estimate of drug-likeness (QED) is 0.859. The highest BCUT2D eigenvalue weighted by Gasteiger charge is 2.13. The van der Waals surface area contributed by atoms with Crippen LogP contribution in [0.25, 0.3) is 0 Å². The molecule has 2 aromatic rings. The molecule has 0 radical (unpaired) electrons. The minimum absolute atomic E-state index is 0.00852. The molecule has 0 aromatic carbocycles. The first kappa shape index (κ1) is 13.5. The van der Waals surface area contributed by atoms with E-state index in [1.165, 1.54) is 24.5 Å². The van der Waals surface area contributed by atoms with Crippen LogP contribution in [0.15, 0.2) is 27.2 Å². The topological polar surface area (TPSA) is 71.9 Å². The first-order chi connectivity index (χ1) is 9.04. The number of ketones is 1. The van der Waals surface area contributed by atoms with Crippen molar-refractivity contribution in [2.45, 2.75) is 26.8 Å². The highest BCUT2D eigenvalue weighted by atomic mass is 32.1. The second-order valence-electron chi connectivity index (χ2n) is 4.18. The molecule has 0 aliphatic carbocycles. The molecule has 0 atom stereocenters. The van der Waals surface area contributed by atoms with E-state index in [2.05, 4.69) is 4.98 Å². The minimum Gasteiger partial charge on any atom is -0.313 e. The van der Waals surface area contributed by atoms with Gasteiger partial charge in [0.1, 0.15) is 0 Å². The van der Waals surface area contributed by atoms with Gasteiger partial charge in [-0.3, -0.25) is 14.2 Å². The Morgan fingerprint density at radius 3 is 2.79 bits per heavy atom. The fourth-order valence-electron chi connectivity index (χ4n) is 1.87. The Kier molecular flexibility index (Phi) is 3.80. The summed E-state index contributed by atoms with van der Waals surface area (Å²) in [4.78, 5) is 38.5. The molecule has 0 saturated heterocycles. The average Bonchev–Trinajstić information content (AvgIpc) is 2.81. The highest BCUT2D eigenvalue weighted by molar-refractivity contribution is 7.10. The number of H-pyrrole nitrogens is 1. The lowest BCUT2D eigenvalue weighted by Crippen LogP contribution is -2.37. The molecule has 2 aromatic heterocycles. The largest absolute Gasteiger partial charge is 0.328 e. The molecule has 0 aliphatic rings. The molecule has 2 rings (SSSR count). The van der Waals surface area contributed by atoms with Crippen molar-refractivity contribution < 1.29 is 4.79 Å². The molecule has 0 amide bonds. The number of thiophene rings is 1. The van der Waals surface area contributed by atoms with Crippen LogP contribution in [-0.2, 0) is 13.0 Å². The van der Waals surface area contributed by atoms with Gasteiger partial charge >= 0.3 is 5.69 Å². The predicted octanol–water partition coefficient (Wildman–Crippen LogP) is 1.41. The number of carbonyl (C=O) groups excluding carboxylic acids is 1. The minimum atomic E-state index is -0.535. The van der Waals surface area contributed by atoms with Crippen molar-refractivity contribution in [3.63, 3.8) is 0 Å². The van der Waals surface area contributed by atoms with Crippen molar-refractivity contribution >= 4 is 17.1 Å². The molecule has 0 aliphatic heterocycles. The van der Waals surface area contributed by atoms with Gasteiger partial charge in [0.25, 0.3) is 5.56 Å². The van der Waals surface area contributed by atoms with E-state index >= 15 is 0 Å². The number of Topliss-reactive ketones (excluding diaryl/α,β-unsaturated/α-hetero) is 1. The average molecular weight is 278 g/mol. The Labute approximate surface area is 113 Å². The van der Waals surface area contributed by atoms with Gasteiger partial charge < -0.3 is 4.98 Å². The van der Waals surface area contributed by atoms with E-state index in [4.69, 9.17) is 0 Å². The van der Waals surface area contributed by atoms with Crippen LogP contribution in [0.4, 0.5) is 0 Å². The summed E-state index contributed by atoms with van der Waals surface area (Å²) in [6.07, 6.45) is 2.02. The Hall–Kier alpha value is -1.95. The summed E-state index contributed by atoms with van der Waals surface area (Å²) >= 11 is 1.50. The molecule has 0 saturated carbocycles. The number of nitrogens with zero attached hydrogens (tertiary/aromatic N) is 1. The zero-order valence-corrected chi connectivity index (χ0v) is 11.5. The van der Waals surface area contributed by atoms with Crippen molar-refractivity contribution in [3.05, 3.63) is 54.5 Å². The summed E-state index contributed by atoms with van der Waals surface area (Å²) in [7, 11) is 0. The highest BCUT2D eigenvalue weighted by Crippen LogP contribution is 2.17. The van der Waals surface area contributed by atoms with E-state index < -0.39 is 11.2 Å². The molecule has 19 heavy (non-hydrogen) atoms. The molecule has 100 valence electrons. The second-order valence-corrected chi connectivity index (χ2v) is 5.18. The van der Waals surface area contributed by atoms with Gasteiger partial charge in [-0.25, -0.2) is 4.79 Å². The number of nitrogens with one attached hydrogen (secondary N) is 1. The van der Waals surface area contributed by atoms with Crippen molar-refractivity contribution in [2.24, 2.45) is 0 Å². The Bertz CT molecular complexity index is 724. The lowest BCUT2D eigenvalue weighted by atomic mass is 10.2. The summed E-state index contributed by atoms with van der Waals surface area (Å²) < 4.78 is 1.07. The standard InChI is InChI=1S/C13H14N2O3S/c1-3-9-4-5-19-11(9)7-15-12(17)10(8(2)16)6-14-13(15)18/h4-6H,3,7H2,1-2H3,(H,14,18). The number of carbonyl (C=O) groups is 1. The van der Waals surface area contributed by atoms with E-state index in [-0.39, 0.29) is 17.9 Å². The first-order valence-corrected chi connectivity index (χ1v) is 6.81. The second kappa shape index (κ2) is 5.36. The summed E-state index contributed by atoms with van der Waals surface area (Å²) in [6.45, 7) is 3.53. The summed E-state index contributed by atoms with van der Waals surface area (Å²) in [5.41, 5.74) is 0.0934. The zero-order valence-electron chi connectivity index (χ0n) is 10.7. The number of aryl methyl sites for hydroxylation is 1. The number of rotatable bonds is 4. The molecule has 0 unspecified atom stereocenters. The third-order valence-corrected chi connectivity index (χ3v) is 3.91. The van der Waals surface area contributed by atoms with E-state index in [1.807, 2.05) is 18.4 Å². The van der Waals surface area contributed by atoms with Crippen LogP contribution in [-0.4, -0.2) is 15.3 Å². The van der Waals surface area contributed by atoms with Crippen molar-refractivity contribution in [3.8, 4) is 0 Å². The third kappa shape index (κ3) is 2.58. The Balaban J connectivity index is 2.52. The zero-order chi connectivity index (χ0) is 14.0. The molecule has 6 heteroatoms. The monoisotopic (exact) mass is 278 g/mol. The normalized spacial score (nSPS) is 10.6. The maximum atomic E-state index is 12.1. The van der Waals surface area contributed by atoms with Crippen LogP contribution in [0.5, 0.6) is 0 Å². The van der Waals surface area contributed by atoms with Gasteiger partial charge in [0, 0.05) is 11.1 Å². The van der Waals surface area contributed by atoms with E-state index in [1.54, 1.807) is 0 Å². The van der Waals surface area contributed by atoms with Gasteiger partial charge in [-0.2, -0.15) is 0 Å². The fourth-order valence-corrected chi connectivity index (χ4v) is 2.84. The maximum Gasteiger partial charge on any atom is 0.328 e. The SMILES string of the molecule is CCc1ccsc1Cn1c(=O)[nH]cc(C(C)=O)c1=O. The third-order valence-electron chi connectivity index (χ3n) is 2.96. The lowest BCUT2D eigenvalue weighted by molar-refractivity contribution is 0.101. The molecule has 1 N–H and O–H groups in total. The molecule has 0 fully saturated rings. The van der Waals surface area contributed by atoms with Gasteiger partial charge in [-0.05, 0) is 30.4 Å². The molecule has 0 bridgehead atoms. The number of aromatic nitrogens is 2. The Morgan fingerprint density at radius 1 is 1.42 bits per heavy atom. The van der Waals surface area contributed by atoms with Gasteiger partial charge in [0.05, 0.1) is 12.1 Å². The van der Waals surface area contributed by atoms with Crippen LogP contribution >= 0.6 is 11.3 Å². The van der Waals surface area contributed by atoms with E-state index in [9.17, 15) is 14.4 Å². The maximum absolute atomic E-state index is 12.1. The van der Waals surface area contributed by atoms with Gasteiger partial charge in [0.2, 0.25) is 0 Å². The molecular weight excluding hydrogens is 264 g/mol. The van der Waals surface area contributed by atoms with Crippen molar-refractivity contribution in [1.29, 1.82) is 0 Å². The number of aromatic amines is 1. The summed E-state index contributed by atoms with van der Waals surface area (Å²) in [6, 6.07) is 1.98. The summed E-state index contributed by atoms with van der Waals surface area (Å²) in [5.74, 6) is -0.350. The van der Waals surface area contributed by atoms with Crippen LogP contribution in [0.3, 0.4) is 0 Å². The lowest BCUT2D eigenvalue weighted by Gasteiger charge is -2.06. The number of hydrogen-bond acceptors (Lipinski definition) is 4. The van der Waals surface area contributed by atoms with E-state index in [0.717, 1.165) is 21.4 Å². The molecule has 5 nitrogen and oxygen atoms in total. The van der Waals surface area contributed by atoms with Gasteiger partial charge in [0.15, 0.2) is 5.78 Å². The fraction of sp³-hybridized carbons (Fsp3) is 0.308. The van der Waals surface area contributed by atoms with Crippen LogP contribution in [0, 0.1) is 0 Å². The van der Waals surface area contributed by atoms with Crippen LogP contribution in [0.1, 0.15) is 34.6 Å². The van der Waals surface area contributed by atoms with Crippen molar-refractivity contribution in [2.75, 3.05) is 0 Å². The smallest absolute Gasteiger partial charge is 0.313 e. The summed E-state index contributed by atoms with van der Waals surface area (Å²) in [5, 5.41) is 1.93. The van der Waals surface area contributed by atoms with E-state index in [0.29, 0.717) is 0 Å². The Morgan fingerprint density at radius 2 is 2.16 bits per heavy atom. The van der Waals surface area contributed by atoms with Crippen LogP contribution < -0.4 is 11.2 Å². The molecule has 0 spiro atoms. The van der Waals surface area contributed by atoms with Gasteiger partial charge in [-0.15, -0.1) is 11.3 Å². The number of hydrogen-bond donors (Lipinski definition) is 1. The molecular formula is C13H14N2O3S. The molecule has 2 heterocycles. The first-order valence-electron chi connectivity index (χ1n) is 5.93. The van der Waals surface area contributed by atoms with Gasteiger partial charge in [-0.1, -0.05) is 6.92 Å².